The van der Waals surface area contributed by atoms with E-state index in [1.165, 1.54) is 10.6 Å². The summed E-state index contributed by atoms with van der Waals surface area (Å²) in [6.07, 6.45) is 9.72. The van der Waals surface area contributed by atoms with Crippen molar-refractivity contribution in [3.05, 3.63) is 70.3 Å². The predicted octanol–water partition coefficient (Wildman–Crippen LogP) is 2.08. The molecule has 0 spiro atoms. The average molecular weight is 390 g/mol. The molecule has 29 heavy (non-hydrogen) atoms. The number of aryl methyl sites for hydroxylation is 1. The molecule has 0 saturated heterocycles. The van der Waals surface area contributed by atoms with Crippen LogP contribution in [0.5, 0.6) is 0 Å². The van der Waals surface area contributed by atoms with Crippen LogP contribution >= 0.6 is 0 Å². The number of hydrogen-bond donors (Lipinski definition) is 1. The molecule has 148 valence electrons. The van der Waals surface area contributed by atoms with E-state index in [-0.39, 0.29) is 22.9 Å². The maximum atomic E-state index is 12.8. The number of hydrogen-bond acceptors (Lipinski definition) is 6. The molecule has 0 radical (unpaired) electrons. The van der Waals surface area contributed by atoms with E-state index < -0.39 is 0 Å². The number of carbonyl (C=O) groups excluding carboxylic acids is 1. The first-order chi connectivity index (χ1) is 13.8. The molecule has 3 aromatic heterocycles. The lowest BCUT2D eigenvalue weighted by molar-refractivity contribution is 0.0918. The molecule has 0 fully saturated rings. The number of pyridine rings is 1. The quantitative estimate of drug-likeness (QED) is 0.734. The first kappa shape index (κ1) is 18.9. The summed E-state index contributed by atoms with van der Waals surface area (Å²) in [6.45, 7) is 4.30. The Labute approximate surface area is 168 Å². The normalized spacial score (nSPS) is 17.4. The van der Waals surface area contributed by atoms with Crippen molar-refractivity contribution < 1.29 is 4.79 Å². The average Bonchev–Trinajstić information content (AvgIpc) is 2.69. The van der Waals surface area contributed by atoms with Gasteiger partial charge >= 0.3 is 0 Å². The smallest absolute Gasteiger partial charge is 0.252 e. The van der Waals surface area contributed by atoms with Crippen molar-refractivity contribution in [3.63, 3.8) is 0 Å². The zero-order valence-corrected chi connectivity index (χ0v) is 16.6. The van der Waals surface area contributed by atoms with Gasteiger partial charge in [0.15, 0.2) is 5.82 Å². The minimum Gasteiger partial charge on any atom is -0.345 e. The molecule has 1 N–H and O–H groups in total. The molecular formula is C21H22N6O2. The van der Waals surface area contributed by atoms with Crippen LogP contribution in [0.25, 0.3) is 11.5 Å². The number of aromatic nitrogens is 5. The Morgan fingerprint density at radius 3 is 2.79 bits per heavy atom. The van der Waals surface area contributed by atoms with Gasteiger partial charge in [0.25, 0.3) is 11.5 Å². The Hall–Kier alpha value is -3.42. The number of nitrogens with zero attached hydrogens (tertiary/aromatic N) is 5. The van der Waals surface area contributed by atoms with Crippen LogP contribution in [-0.4, -0.2) is 30.4 Å². The summed E-state index contributed by atoms with van der Waals surface area (Å²) in [7, 11) is 1.65. The van der Waals surface area contributed by atoms with Crippen LogP contribution in [0.3, 0.4) is 0 Å². The fourth-order valence-electron chi connectivity index (χ4n) is 3.65. The summed E-state index contributed by atoms with van der Waals surface area (Å²) >= 11 is 0. The van der Waals surface area contributed by atoms with Crippen LogP contribution in [0, 0.1) is 5.41 Å². The summed E-state index contributed by atoms with van der Waals surface area (Å²) in [5.41, 5.74) is 2.47. The highest BCUT2D eigenvalue weighted by atomic mass is 16.2. The molecule has 1 aliphatic rings. The lowest BCUT2D eigenvalue weighted by Crippen LogP contribution is -2.37. The first-order valence-electron chi connectivity index (χ1n) is 9.42. The van der Waals surface area contributed by atoms with Crippen LogP contribution in [0.15, 0.2) is 47.9 Å². The Balaban J connectivity index is 1.66. The Kier molecular flexibility index (Phi) is 4.70. The van der Waals surface area contributed by atoms with Gasteiger partial charge in [0.05, 0.1) is 17.9 Å². The van der Waals surface area contributed by atoms with Gasteiger partial charge in [-0.05, 0) is 24.3 Å². The predicted molar refractivity (Wildman–Crippen MR) is 107 cm³/mol. The fourth-order valence-corrected chi connectivity index (χ4v) is 3.65. The second kappa shape index (κ2) is 7.20. The summed E-state index contributed by atoms with van der Waals surface area (Å²) in [6, 6.07) is 2.75. The number of nitrogens with one attached hydrogen (secondary N) is 1. The zero-order valence-electron chi connectivity index (χ0n) is 16.6. The third-order valence-electron chi connectivity index (χ3n) is 5.14. The van der Waals surface area contributed by atoms with Gasteiger partial charge in [0.2, 0.25) is 0 Å². The van der Waals surface area contributed by atoms with Gasteiger partial charge in [-0.3, -0.25) is 14.6 Å². The molecule has 0 bridgehead atoms. The summed E-state index contributed by atoms with van der Waals surface area (Å²) in [4.78, 5) is 42.1. The highest BCUT2D eigenvalue weighted by Crippen LogP contribution is 2.40. The van der Waals surface area contributed by atoms with Crippen molar-refractivity contribution >= 4 is 5.91 Å². The van der Waals surface area contributed by atoms with Crippen molar-refractivity contribution in [2.45, 2.75) is 32.7 Å². The molecule has 1 aliphatic carbocycles. The maximum Gasteiger partial charge on any atom is 0.252 e. The molecule has 1 amide bonds. The molecule has 8 heteroatoms. The van der Waals surface area contributed by atoms with Crippen LogP contribution in [0.4, 0.5) is 0 Å². The molecule has 3 heterocycles. The molecule has 0 saturated carbocycles. The Morgan fingerprint density at radius 1 is 1.24 bits per heavy atom. The van der Waals surface area contributed by atoms with Gasteiger partial charge in [-0.2, -0.15) is 0 Å². The van der Waals surface area contributed by atoms with Gasteiger partial charge in [-0.15, -0.1) is 0 Å². The molecule has 4 rings (SSSR count). The summed E-state index contributed by atoms with van der Waals surface area (Å²) in [5, 5.41) is 3.06. The molecule has 0 unspecified atom stereocenters. The van der Waals surface area contributed by atoms with Gasteiger partial charge < -0.3 is 9.88 Å². The van der Waals surface area contributed by atoms with Gasteiger partial charge in [0, 0.05) is 49.0 Å². The van der Waals surface area contributed by atoms with E-state index in [2.05, 4.69) is 34.1 Å². The monoisotopic (exact) mass is 390 g/mol. The molecule has 0 aliphatic heterocycles. The number of carbonyl (C=O) groups is 1. The van der Waals surface area contributed by atoms with Crippen LogP contribution in [0.2, 0.25) is 0 Å². The van der Waals surface area contributed by atoms with Crippen LogP contribution < -0.4 is 10.9 Å². The number of rotatable bonds is 3. The summed E-state index contributed by atoms with van der Waals surface area (Å²) in [5.74, 6) is 0.237. The highest BCUT2D eigenvalue weighted by molar-refractivity contribution is 5.94. The van der Waals surface area contributed by atoms with Crippen molar-refractivity contribution in [1.82, 2.24) is 29.8 Å². The van der Waals surface area contributed by atoms with E-state index in [0.717, 1.165) is 24.1 Å². The third-order valence-corrected chi connectivity index (χ3v) is 5.14. The zero-order chi connectivity index (χ0) is 20.6. The number of fused-ring (bicyclic) bond motifs is 1. The van der Waals surface area contributed by atoms with E-state index in [1.807, 2.05) is 0 Å². The van der Waals surface area contributed by atoms with Gasteiger partial charge in [-0.25, -0.2) is 15.0 Å². The molecule has 8 nitrogen and oxygen atoms in total. The highest BCUT2D eigenvalue weighted by Gasteiger charge is 2.34. The van der Waals surface area contributed by atoms with E-state index >= 15 is 0 Å². The minimum atomic E-state index is -0.283. The van der Waals surface area contributed by atoms with E-state index in [9.17, 15) is 9.59 Å². The van der Waals surface area contributed by atoms with Gasteiger partial charge in [-0.1, -0.05) is 13.8 Å². The van der Waals surface area contributed by atoms with Crippen molar-refractivity contribution in [1.29, 1.82) is 0 Å². The SMILES string of the molecule is Cn1ccc(C(=O)N[C@@H]2CC(C)(C)Cc3nc(-c4cnccn4)ncc32)cc1=O. The number of amides is 1. The lowest BCUT2D eigenvalue weighted by Gasteiger charge is -2.36. The standard InChI is InChI=1S/C21H22N6O2/c1-21(2)9-15-14(11-24-19(25-15)17-12-22-5-6-23-17)16(10-21)26-20(29)13-4-7-27(3)18(28)8-13/h4-8,11-12,16H,9-10H2,1-3H3,(H,26,29)/t16-/m1/s1. The minimum absolute atomic E-state index is 0.0498. The summed E-state index contributed by atoms with van der Waals surface area (Å²) < 4.78 is 1.43. The third kappa shape index (κ3) is 3.91. The molecular weight excluding hydrogens is 368 g/mol. The van der Waals surface area contributed by atoms with E-state index in [1.54, 1.807) is 44.1 Å². The van der Waals surface area contributed by atoms with Crippen LogP contribution in [0.1, 0.15) is 47.9 Å². The van der Waals surface area contributed by atoms with Crippen LogP contribution in [-0.2, 0) is 13.5 Å². The van der Waals surface area contributed by atoms with Gasteiger partial charge in [0.1, 0.15) is 5.69 Å². The second-order valence-corrected chi connectivity index (χ2v) is 8.12. The Morgan fingerprint density at radius 2 is 2.07 bits per heavy atom. The van der Waals surface area contributed by atoms with Crippen molar-refractivity contribution in [3.8, 4) is 11.5 Å². The van der Waals surface area contributed by atoms with Crippen molar-refractivity contribution in [2.24, 2.45) is 12.5 Å². The topological polar surface area (TPSA) is 103 Å². The van der Waals surface area contributed by atoms with Crippen molar-refractivity contribution in [2.75, 3.05) is 0 Å². The fraction of sp³-hybridized carbons (Fsp3) is 0.333. The second-order valence-electron chi connectivity index (χ2n) is 8.12. The molecule has 1 atom stereocenters. The first-order valence-corrected chi connectivity index (χ1v) is 9.42. The molecule has 0 aromatic carbocycles. The largest absolute Gasteiger partial charge is 0.345 e. The lowest BCUT2D eigenvalue weighted by atomic mass is 9.74. The van der Waals surface area contributed by atoms with E-state index in [4.69, 9.17) is 4.98 Å². The maximum absolute atomic E-state index is 12.8. The van der Waals surface area contributed by atoms with E-state index in [0.29, 0.717) is 17.1 Å². The Bertz CT molecular complexity index is 1120. The molecule has 3 aromatic rings.